The lowest BCUT2D eigenvalue weighted by atomic mass is 10.2. The Morgan fingerprint density at radius 1 is 1.27 bits per heavy atom. The second-order valence-electron chi connectivity index (χ2n) is 6.31. The Balaban J connectivity index is 1.74. The quantitative estimate of drug-likeness (QED) is 0.776. The number of aryl methyl sites for hydroxylation is 1. The van der Waals surface area contributed by atoms with E-state index in [4.69, 9.17) is 9.47 Å². The maximum absolute atomic E-state index is 12.8. The predicted octanol–water partition coefficient (Wildman–Crippen LogP) is 1.03. The number of carbonyl (C=O) groups is 1. The number of hydrogen-bond acceptors (Lipinski definition) is 6. The molecule has 1 aliphatic rings. The van der Waals surface area contributed by atoms with Gasteiger partial charge in [0.05, 0.1) is 18.0 Å². The number of nitrogens with zero attached hydrogens (tertiary/aromatic N) is 4. The van der Waals surface area contributed by atoms with Gasteiger partial charge in [0.15, 0.2) is 5.69 Å². The number of carbonyl (C=O) groups excluding carboxylic acids is 1. The second-order valence-corrected chi connectivity index (χ2v) is 6.31. The number of piperazine rings is 1. The van der Waals surface area contributed by atoms with Crippen LogP contribution in [0.25, 0.3) is 5.69 Å². The molecule has 3 rings (SSSR count). The summed E-state index contributed by atoms with van der Waals surface area (Å²) < 4.78 is 10.5. The molecule has 1 aromatic carbocycles. The van der Waals surface area contributed by atoms with Gasteiger partial charge in [0.1, 0.15) is 12.4 Å². The molecule has 2 aromatic rings. The van der Waals surface area contributed by atoms with E-state index in [1.54, 1.807) is 7.11 Å². The molecule has 1 amide bonds. The maximum atomic E-state index is 12.8. The van der Waals surface area contributed by atoms with Gasteiger partial charge in [-0.2, -0.15) is 9.90 Å². The van der Waals surface area contributed by atoms with E-state index in [0.29, 0.717) is 31.1 Å². The van der Waals surface area contributed by atoms with Gasteiger partial charge in [-0.05, 0) is 38.1 Å². The van der Waals surface area contributed by atoms with Crippen LogP contribution in [-0.4, -0.2) is 71.8 Å². The van der Waals surface area contributed by atoms with E-state index in [9.17, 15) is 4.79 Å². The van der Waals surface area contributed by atoms with Crippen molar-refractivity contribution in [3.8, 4) is 11.4 Å². The summed E-state index contributed by atoms with van der Waals surface area (Å²) in [6, 6.07) is 7.57. The number of aromatic nitrogens is 3. The molecule has 8 nitrogen and oxygen atoms in total. The molecular weight excluding hydrogens is 334 g/mol. The third-order valence-corrected chi connectivity index (χ3v) is 4.37. The summed E-state index contributed by atoms with van der Waals surface area (Å²) in [5.41, 5.74) is 1.81. The normalized spacial score (nSPS) is 17.3. The first-order valence-electron chi connectivity index (χ1n) is 8.78. The van der Waals surface area contributed by atoms with Crippen molar-refractivity contribution in [2.24, 2.45) is 0 Å². The molecule has 0 unspecified atom stereocenters. The third kappa shape index (κ3) is 4.03. The number of methoxy groups -OCH3 is 1. The topological polar surface area (TPSA) is 81.5 Å². The van der Waals surface area contributed by atoms with Gasteiger partial charge >= 0.3 is 0 Å². The molecule has 140 valence electrons. The lowest BCUT2D eigenvalue weighted by Gasteiger charge is -2.33. The molecule has 0 bridgehead atoms. The van der Waals surface area contributed by atoms with Crippen LogP contribution >= 0.6 is 0 Å². The summed E-state index contributed by atoms with van der Waals surface area (Å²) in [6.07, 6.45) is 0. The zero-order valence-corrected chi connectivity index (χ0v) is 15.4. The predicted molar refractivity (Wildman–Crippen MR) is 96.8 cm³/mol. The molecule has 0 saturated carbocycles. The Morgan fingerprint density at radius 3 is 2.73 bits per heavy atom. The molecule has 2 heterocycles. The minimum absolute atomic E-state index is 0.0673. The SMILES string of the molecule is COCCOc1ccc(-n2nc(C)c(C(=O)N3CCNC[C@H]3C)n2)cc1. The van der Waals surface area contributed by atoms with Crippen LogP contribution in [0.3, 0.4) is 0 Å². The second kappa shape index (κ2) is 8.29. The molecule has 26 heavy (non-hydrogen) atoms. The highest BCUT2D eigenvalue weighted by molar-refractivity contribution is 5.93. The van der Waals surface area contributed by atoms with Crippen molar-refractivity contribution in [1.29, 1.82) is 0 Å². The first kappa shape index (κ1) is 18.3. The van der Waals surface area contributed by atoms with Crippen LogP contribution in [0.4, 0.5) is 0 Å². The van der Waals surface area contributed by atoms with Gasteiger partial charge in [-0.3, -0.25) is 4.79 Å². The van der Waals surface area contributed by atoms with Crippen molar-refractivity contribution in [3.63, 3.8) is 0 Å². The summed E-state index contributed by atoms with van der Waals surface area (Å²) >= 11 is 0. The van der Waals surface area contributed by atoms with Crippen LogP contribution in [0, 0.1) is 6.92 Å². The average Bonchev–Trinajstić information content (AvgIpc) is 3.04. The largest absolute Gasteiger partial charge is 0.491 e. The number of hydrogen-bond donors (Lipinski definition) is 1. The van der Waals surface area contributed by atoms with Crippen molar-refractivity contribution in [2.75, 3.05) is 40.0 Å². The van der Waals surface area contributed by atoms with Crippen molar-refractivity contribution in [1.82, 2.24) is 25.2 Å². The summed E-state index contributed by atoms with van der Waals surface area (Å²) in [7, 11) is 1.64. The van der Waals surface area contributed by atoms with Crippen molar-refractivity contribution < 1.29 is 14.3 Å². The minimum Gasteiger partial charge on any atom is -0.491 e. The Kier molecular flexibility index (Phi) is 5.85. The first-order valence-corrected chi connectivity index (χ1v) is 8.78. The molecule has 1 aromatic heterocycles. The number of ether oxygens (including phenoxy) is 2. The lowest BCUT2D eigenvalue weighted by molar-refractivity contribution is 0.0648. The van der Waals surface area contributed by atoms with E-state index >= 15 is 0 Å². The monoisotopic (exact) mass is 359 g/mol. The van der Waals surface area contributed by atoms with Crippen LogP contribution < -0.4 is 10.1 Å². The fourth-order valence-electron chi connectivity index (χ4n) is 2.89. The van der Waals surface area contributed by atoms with Crippen LogP contribution in [-0.2, 0) is 4.74 Å². The highest BCUT2D eigenvalue weighted by Crippen LogP contribution is 2.16. The van der Waals surface area contributed by atoms with E-state index < -0.39 is 0 Å². The highest BCUT2D eigenvalue weighted by Gasteiger charge is 2.27. The number of rotatable bonds is 6. The van der Waals surface area contributed by atoms with Crippen LogP contribution in [0.2, 0.25) is 0 Å². The van der Waals surface area contributed by atoms with E-state index in [1.165, 1.54) is 4.80 Å². The summed E-state index contributed by atoms with van der Waals surface area (Å²) in [4.78, 5) is 16.2. The highest BCUT2D eigenvalue weighted by atomic mass is 16.5. The minimum atomic E-state index is -0.0673. The molecule has 1 fully saturated rings. The molecular formula is C18H25N5O3. The van der Waals surface area contributed by atoms with E-state index in [0.717, 1.165) is 24.5 Å². The van der Waals surface area contributed by atoms with Crippen molar-refractivity contribution >= 4 is 5.91 Å². The lowest BCUT2D eigenvalue weighted by Crippen LogP contribution is -2.52. The van der Waals surface area contributed by atoms with Gasteiger partial charge in [0.2, 0.25) is 0 Å². The van der Waals surface area contributed by atoms with E-state index in [1.807, 2.05) is 43.0 Å². The number of benzene rings is 1. The van der Waals surface area contributed by atoms with Crippen LogP contribution in [0.5, 0.6) is 5.75 Å². The first-order chi connectivity index (χ1) is 12.6. The third-order valence-electron chi connectivity index (χ3n) is 4.37. The molecule has 0 radical (unpaired) electrons. The number of nitrogens with one attached hydrogen (secondary N) is 1. The molecule has 1 atom stereocenters. The van der Waals surface area contributed by atoms with Crippen molar-refractivity contribution in [3.05, 3.63) is 35.7 Å². The summed E-state index contributed by atoms with van der Waals surface area (Å²) in [6.45, 7) is 7.16. The Morgan fingerprint density at radius 2 is 2.04 bits per heavy atom. The Labute approximate surface area is 153 Å². The molecule has 0 spiro atoms. The molecule has 1 aliphatic heterocycles. The molecule has 1 saturated heterocycles. The van der Waals surface area contributed by atoms with E-state index in [-0.39, 0.29) is 11.9 Å². The van der Waals surface area contributed by atoms with Gasteiger partial charge in [-0.1, -0.05) is 0 Å². The standard InChI is InChI=1S/C18H25N5O3/c1-13-12-19-8-9-22(13)18(24)17-14(2)20-23(21-17)15-4-6-16(7-5-15)26-11-10-25-3/h4-7,13,19H,8-12H2,1-3H3/t13-/m1/s1. The molecule has 0 aliphatic carbocycles. The molecule has 8 heteroatoms. The van der Waals surface area contributed by atoms with Gasteiger partial charge in [-0.25, -0.2) is 0 Å². The average molecular weight is 359 g/mol. The van der Waals surface area contributed by atoms with Crippen LogP contribution in [0.15, 0.2) is 24.3 Å². The molecule has 1 N–H and O–H groups in total. The van der Waals surface area contributed by atoms with Crippen molar-refractivity contribution in [2.45, 2.75) is 19.9 Å². The van der Waals surface area contributed by atoms with Gasteiger partial charge in [0.25, 0.3) is 5.91 Å². The Bertz CT molecular complexity index is 744. The Hall–Kier alpha value is -2.45. The fraction of sp³-hybridized carbons (Fsp3) is 0.500. The van der Waals surface area contributed by atoms with Crippen LogP contribution in [0.1, 0.15) is 23.1 Å². The van der Waals surface area contributed by atoms with Gasteiger partial charge in [-0.15, -0.1) is 5.10 Å². The summed E-state index contributed by atoms with van der Waals surface area (Å²) in [5, 5.41) is 12.1. The van der Waals surface area contributed by atoms with E-state index in [2.05, 4.69) is 15.5 Å². The van der Waals surface area contributed by atoms with Gasteiger partial charge < -0.3 is 19.7 Å². The number of amides is 1. The zero-order chi connectivity index (χ0) is 18.5. The maximum Gasteiger partial charge on any atom is 0.276 e. The zero-order valence-electron chi connectivity index (χ0n) is 15.4. The summed E-state index contributed by atoms with van der Waals surface area (Å²) in [5.74, 6) is 0.683. The fourth-order valence-corrected chi connectivity index (χ4v) is 2.89. The van der Waals surface area contributed by atoms with Gasteiger partial charge in [0, 0.05) is 32.8 Å². The smallest absolute Gasteiger partial charge is 0.276 e.